The molecule has 17 heavy (non-hydrogen) atoms. The highest BCUT2D eigenvalue weighted by atomic mass is 79.9. The van der Waals surface area contributed by atoms with Crippen LogP contribution in [0.3, 0.4) is 0 Å². The second-order valence-corrected chi connectivity index (χ2v) is 6.34. The zero-order valence-corrected chi connectivity index (χ0v) is 11.8. The Morgan fingerprint density at radius 2 is 2.18 bits per heavy atom. The molecule has 2 atom stereocenters. The molecule has 3 heteroatoms. The van der Waals surface area contributed by atoms with Gasteiger partial charge in [-0.1, -0.05) is 15.9 Å². The summed E-state index contributed by atoms with van der Waals surface area (Å²) in [5.74, 6) is 1.43. The van der Waals surface area contributed by atoms with Crippen LogP contribution in [0.5, 0.6) is 5.75 Å². The number of ether oxygens (including phenoxy) is 2. The van der Waals surface area contributed by atoms with Crippen molar-refractivity contribution in [1.82, 2.24) is 0 Å². The number of hydrogen-bond acceptors (Lipinski definition) is 2. The number of halogens is 1. The molecule has 0 saturated carbocycles. The van der Waals surface area contributed by atoms with Crippen molar-refractivity contribution in [2.45, 2.75) is 38.4 Å². The minimum absolute atomic E-state index is 0.133. The van der Waals surface area contributed by atoms with Crippen LogP contribution >= 0.6 is 15.9 Å². The van der Waals surface area contributed by atoms with E-state index in [9.17, 15) is 0 Å². The molecule has 2 unspecified atom stereocenters. The average molecular weight is 297 g/mol. The molecule has 2 aliphatic heterocycles. The van der Waals surface area contributed by atoms with Crippen LogP contribution in [0.2, 0.25) is 0 Å². The molecule has 3 rings (SSSR count). The van der Waals surface area contributed by atoms with E-state index in [1.807, 2.05) is 12.1 Å². The van der Waals surface area contributed by atoms with E-state index in [1.165, 1.54) is 12.0 Å². The lowest BCUT2D eigenvalue weighted by molar-refractivity contribution is -0.116. The zero-order valence-electron chi connectivity index (χ0n) is 10.2. The number of fused-ring (bicyclic) bond motifs is 3. The number of hydrogen-bond donors (Lipinski definition) is 0. The van der Waals surface area contributed by atoms with Gasteiger partial charge in [-0.3, -0.25) is 0 Å². The minimum Gasteiger partial charge on any atom is -0.487 e. The lowest BCUT2D eigenvalue weighted by atomic mass is 9.76. The fraction of sp³-hybridized carbons (Fsp3) is 0.571. The van der Waals surface area contributed by atoms with Gasteiger partial charge in [-0.05, 0) is 44.9 Å². The van der Waals surface area contributed by atoms with Gasteiger partial charge in [-0.15, -0.1) is 0 Å². The van der Waals surface area contributed by atoms with Gasteiger partial charge in [0.1, 0.15) is 11.4 Å². The van der Waals surface area contributed by atoms with Crippen molar-refractivity contribution in [3.8, 4) is 5.75 Å². The highest BCUT2D eigenvalue weighted by Gasteiger charge is 2.45. The van der Waals surface area contributed by atoms with Crippen LogP contribution in [0.4, 0.5) is 0 Å². The van der Waals surface area contributed by atoms with Crippen LogP contribution in [0.25, 0.3) is 0 Å². The summed E-state index contributed by atoms with van der Waals surface area (Å²) in [7, 11) is 0. The van der Waals surface area contributed by atoms with Crippen LogP contribution in [0, 0.1) is 5.92 Å². The Kier molecular flexibility index (Phi) is 2.71. The SMILES string of the molecule is CC1(C)Oc2ccc(Br)cc2C2OCCCC21. The van der Waals surface area contributed by atoms with E-state index in [4.69, 9.17) is 9.47 Å². The minimum atomic E-state index is -0.133. The third-order valence-electron chi connectivity index (χ3n) is 3.87. The van der Waals surface area contributed by atoms with E-state index < -0.39 is 0 Å². The van der Waals surface area contributed by atoms with Crippen LogP contribution in [-0.4, -0.2) is 12.2 Å². The maximum Gasteiger partial charge on any atom is 0.126 e. The molecule has 2 aliphatic rings. The molecule has 1 fully saturated rings. The molecule has 0 N–H and O–H groups in total. The van der Waals surface area contributed by atoms with E-state index in [0.717, 1.165) is 23.2 Å². The molecule has 0 amide bonds. The second-order valence-electron chi connectivity index (χ2n) is 5.43. The van der Waals surface area contributed by atoms with Gasteiger partial charge >= 0.3 is 0 Å². The molecule has 0 spiro atoms. The summed E-state index contributed by atoms with van der Waals surface area (Å²) >= 11 is 3.52. The average Bonchev–Trinajstić information content (AvgIpc) is 2.30. The second kappa shape index (κ2) is 3.99. The Morgan fingerprint density at radius 3 is 3.00 bits per heavy atom. The van der Waals surface area contributed by atoms with Crippen LogP contribution in [0.1, 0.15) is 38.4 Å². The third kappa shape index (κ3) is 1.89. The van der Waals surface area contributed by atoms with E-state index >= 15 is 0 Å². The van der Waals surface area contributed by atoms with Gasteiger partial charge in [-0.25, -0.2) is 0 Å². The smallest absolute Gasteiger partial charge is 0.126 e. The lowest BCUT2D eigenvalue weighted by Gasteiger charge is -2.47. The topological polar surface area (TPSA) is 18.5 Å². The molecule has 2 nitrogen and oxygen atoms in total. The number of benzene rings is 1. The molecular weight excluding hydrogens is 280 g/mol. The van der Waals surface area contributed by atoms with Crippen molar-refractivity contribution in [3.63, 3.8) is 0 Å². The molecule has 92 valence electrons. The Bertz CT molecular complexity index is 442. The van der Waals surface area contributed by atoms with Gasteiger partial charge in [0, 0.05) is 22.6 Å². The molecule has 0 bridgehead atoms. The van der Waals surface area contributed by atoms with Gasteiger partial charge in [0.25, 0.3) is 0 Å². The first-order chi connectivity index (χ1) is 8.08. The lowest BCUT2D eigenvalue weighted by Crippen LogP contribution is -2.47. The van der Waals surface area contributed by atoms with Crippen molar-refractivity contribution in [2.24, 2.45) is 5.92 Å². The molecule has 1 saturated heterocycles. The summed E-state index contributed by atoms with van der Waals surface area (Å²) in [6.45, 7) is 5.21. The van der Waals surface area contributed by atoms with Gasteiger partial charge in [0.05, 0.1) is 6.10 Å². The normalized spacial score (nSPS) is 30.1. The summed E-state index contributed by atoms with van der Waals surface area (Å²) in [6, 6.07) is 6.20. The summed E-state index contributed by atoms with van der Waals surface area (Å²) in [5.41, 5.74) is 1.06. The molecule has 0 aromatic heterocycles. The summed E-state index contributed by atoms with van der Waals surface area (Å²) < 4.78 is 13.2. The summed E-state index contributed by atoms with van der Waals surface area (Å²) in [5, 5.41) is 0. The fourth-order valence-corrected chi connectivity index (χ4v) is 3.37. The largest absolute Gasteiger partial charge is 0.487 e. The number of rotatable bonds is 0. The maximum atomic E-state index is 6.14. The van der Waals surface area contributed by atoms with Crippen molar-refractivity contribution in [1.29, 1.82) is 0 Å². The summed E-state index contributed by atoms with van der Waals surface area (Å²) in [6.07, 6.45) is 2.51. The van der Waals surface area contributed by atoms with E-state index in [1.54, 1.807) is 0 Å². The summed E-state index contributed by atoms with van der Waals surface area (Å²) in [4.78, 5) is 0. The first kappa shape index (κ1) is 11.5. The predicted octanol–water partition coefficient (Wildman–Crippen LogP) is 4.09. The first-order valence-corrected chi connectivity index (χ1v) is 6.97. The monoisotopic (exact) mass is 296 g/mol. The van der Waals surface area contributed by atoms with Gasteiger partial charge in [0.2, 0.25) is 0 Å². The van der Waals surface area contributed by atoms with Crippen molar-refractivity contribution in [3.05, 3.63) is 28.2 Å². The Balaban J connectivity index is 2.08. The van der Waals surface area contributed by atoms with Gasteiger partial charge in [-0.2, -0.15) is 0 Å². The Hall–Kier alpha value is -0.540. The molecule has 2 heterocycles. The standard InChI is InChI=1S/C14H17BrO2/c1-14(2)11-4-3-7-16-13(11)10-8-9(15)5-6-12(10)17-14/h5-6,8,11,13H,3-4,7H2,1-2H3. The van der Waals surface area contributed by atoms with Crippen molar-refractivity contribution >= 4 is 15.9 Å². The Morgan fingerprint density at radius 1 is 1.35 bits per heavy atom. The van der Waals surface area contributed by atoms with E-state index in [0.29, 0.717) is 5.92 Å². The maximum absolute atomic E-state index is 6.14. The Labute approximate surface area is 110 Å². The quantitative estimate of drug-likeness (QED) is 0.718. The van der Waals surface area contributed by atoms with E-state index in [2.05, 4.69) is 35.8 Å². The van der Waals surface area contributed by atoms with Crippen LogP contribution < -0.4 is 4.74 Å². The fourth-order valence-electron chi connectivity index (χ4n) is 2.99. The first-order valence-electron chi connectivity index (χ1n) is 6.18. The van der Waals surface area contributed by atoms with Crippen LogP contribution in [-0.2, 0) is 4.74 Å². The van der Waals surface area contributed by atoms with Gasteiger partial charge < -0.3 is 9.47 Å². The molecule has 1 aromatic rings. The molecule has 0 radical (unpaired) electrons. The zero-order chi connectivity index (χ0) is 12.0. The van der Waals surface area contributed by atoms with Crippen molar-refractivity contribution < 1.29 is 9.47 Å². The van der Waals surface area contributed by atoms with Gasteiger partial charge in [0.15, 0.2) is 0 Å². The highest BCUT2D eigenvalue weighted by molar-refractivity contribution is 9.10. The molecular formula is C14H17BrO2. The predicted molar refractivity (Wildman–Crippen MR) is 70.3 cm³/mol. The van der Waals surface area contributed by atoms with E-state index in [-0.39, 0.29) is 11.7 Å². The molecule has 1 aromatic carbocycles. The van der Waals surface area contributed by atoms with Crippen LogP contribution in [0.15, 0.2) is 22.7 Å². The van der Waals surface area contributed by atoms with Crippen molar-refractivity contribution in [2.75, 3.05) is 6.61 Å². The third-order valence-corrected chi connectivity index (χ3v) is 4.36. The molecule has 0 aliphatic carbocycles. The highest BCUT2D eigenvalue weighted by Crippen LogP contribution is 2.49.